The number of benzene rings is 2. The maximum Gasteiger partial charge on any atom is 0.416 e. The number of thioether (sulfide) groups is 1. The molecule has 1 N–H and O–H groups in total. The van der Waals surface area contributed by atoms with Crippen molar-refractivity contribution in [1.82, 2.24) is 0 Å². The Hall–Kier alpha value is -2.68. The predicted octanol–water partition coefficient (Wildman–Crippen LogP) is 6.64. The van der Waals surface area contributed by atoms with Gasteiger partial charge in [0.1, 0.15) is 5.75 Å². The van der Waals surface area contributed by atoms with Crippen LogP contribution in [0.25, 0.3) is 0 Å². The van der Waals surface area contributed by atoms with Crippen molar-refractivity contribution in [2.45, 2.75) is 56.9 Å². The highest BCUT2D eigenvalue weighted by Gasteiger charge is 2.30. The molecular weight excluding hydrogens is 453 g/mol. The Balaban J connectivity index is 2.08. The van der Waals surface area contributed by atoms with Crippen molar-refractivity contribution in [2.24, 2.45) is 5.10 Å². The van der Waals surface area contributed by atoms with Crippen LogP contribution >= 0.6 is 11.8 Å². The summed E-state index contributed by atoms with van der Waals surface area (Å²) in [5.41, 5.74) is 1.62. The van der Waals surface area contributed by atoms with Crippen molar-refractivity contribution in [3.8, 4) is 5.75 Å². The van der Waals surface area contributed by atoms with Crippen LogP contribution in [0.4, 0.5) is 18.9 Å². The van der Waals surface area contributed by atoms with Crippen molar-refractivity contribution in [1.29, 1.82) is 0 Å². The van der Waals surface area contributed by atoms with Gasteiger partial charge in [-0.2, -0.15) is 18.3 Å². The maximum absolute atomic E-state index is 12.8. The number of hydrogen-bond donors (Lipinski definition) is 1. The molecular formula is C24H29F3N2O3S. The average Bonchev–Trinajstić information content (AvgIpc) is 2.70. The zero-order chi connectivity index (χ0) is 24.8. The third kappa shape index (κ3) is 8.31. The number of carbonyl (C=O) groups is 1. The molecule has 5 nitrogen and oxygen atoms in total. The van der Waals surface area contributed by atoms with Gasteiger partial charge >= 0.3 is 12.1 Å². The second-order valence-electron chi connectivity index (χ2n) is 8.24. The van der Waals surface area contributed by atoms with Crippen molar-refractivity contribution in [3.05, 3.63) is 53.6 Å². The van der Waals surface area contributed by atoms with Gasteiger partial charge in [0.2, 0.25) is 0 Å². The van der Waals surface area contributed by atoms with E-state index in [0.717, 1.165) is 28.3 Å². The van der Waals surface area contributed by atoms with E-state index in [1.165, 1.54) is 12.1 Å². The summed E-state index contributed by atoms with van der Waals surface area (Å²) in [5.74, 6) is -0.492. The summed E-state index contributed by atoms with van der Waals surface area (Å²) < 4.78 is 43.5. The molecule has 0 amide bonds. The topological polar surface area (TPSA) is 62.1 Å². The number of nitrogens with zero attached hydrogens (tertiary/aromatic N) is 2. The molecule has 2 aromatic carbocycles. The maximum atomic E-state index is 12.8. The molecule has 33 heavy (non-hydrogen) atoms. The first kappa shape index (κ1) is 26.6. The van der Waals surface area contributed by atoms with Crippen LogP contribution < -0.4 is 9.75 Å². The van der Waals surface area contributed by atoms with Gasteiger partial charge in [-0.05, 0) is 82.6 Å². The fourth-order valence-electron chi connectivity index (χ4n) is 3.33. The molecule has 180 valence electrons. The Morgan fingerprint density at radius 1 is 1.15 bits per heavy atom. The van der Waals surface area contributed by atoms with E-state index >= 15 is 0 Å². The van der Waals surface area contributed by atoms with E-state index in [9.17, 15) is 18.0 Å². The van der Waals surface area contributed by atoms with Crippen molar-refractivity contribution < 1.29 is 27.8 Å². The average molecular weight is 483 g/mol. The summed E-state index contributed by atoms with van der Waals surface area (Å²) >= 11 is 1.66. The first-order valence-electron chi connectivity index (χ1n) is 10.4. The predicted molar refractivity (Wildman–Crippen MR) is 126 cm³/mol. The zero-order valence-electron chi connectivity index (χ0n) is 19.4. The van der Waals surface area contributed by atoms with Gasteiger partial charge in [0.05, 0.1) is 11.3 Å². The van der Waals surface area contributed by atoms with Crippen LogP contribution in [0.2, 0.25) is 0 Å². The molecule has 0 bridgehead atoms. The second kappa shape index (κ2) is 11.0. The Bertz CT molecular complexity index is 989. The molecule has 0 radical (unpaired) electrons. The molecule has 0 fully saturated rings. The lowest BCUT2D eigenvalue weighted by Crippen LogP contribution is -2.23. The molecule has 0 heterocycles. The normalized spacial score (nSPS) is 12.5. The molecule has 2 aromatic rings. The molecule has 0 aromatic heterocycles. The number of hydrogen-bond acceptors (Lipinski definition) is 5. The lowest BCUT2D eigenvalue weighted by Gasteiger charge is -2.26. The SMILES string of the molecule is CCN(/N=C(/C)CC(C)(C)Sc1ccc(OCC(=O)O)c(C)c1)c1ccc(C(F)(F)F)cc1. The van der Waals surface area contributed by atoms with Crippen LogP contribution in [0.3, 0.4) is 0 Å². The Morgan fingerprint density at radius 3 is 2.30 bits per heavy atom. The lowest BCUT2D eigenvalue weighted by molar-refractivity contribution is -0.139. The molecule has 0 atom stereocenters. The molecule has 0 saturated carbocycles. The number of aliphatic carboxylic acids is 1. The Labute approximate surface area is 196 Å². The summed E-state index contributed by atoms with van der Waals surface area (Å²) in [7, 11) is 0. The molecule has 0 saturated heterocycles. The molecule has 9 heteroatoms. The van der Waals surface area contributed by atoms with E-state index in [2.05, 4.69) is 18.9 Å². The highest BCUT2D eigenvalue weighted by atomic mass is 32.2. The van der Waals surface area contributed by atoms with Gasteiger partial charge < -0.3 is 9.84 Å². The van der Waals surface area contributed by atoms with Crippen molar-refractivity contribution >= 4 is 29.1 Å². The zero-order valence-corrected chi connectivity index (χ0v) is 20.2. The summed E-state index contributed by atoms with van der Waals surface area (Å²) in [6.45, 7) is 9.98. The van der Waals surface area contributed by atoms with Gasteiger partial charge in [0, 0.05) is 28.3 Å². The fraction of sp³-hybridized carbons (Fsp3) is 0.417. The number of ether oxygens (including phenoxy) is 1. The van der Waals surface area contributed by atoms with Gasteiger partial charge in [-0.3, -0.25) is 5.01 Å². The quantitative estimate of drug-likeness (QED) is 0.234. The van der Waals surface area contributed by atoms with Crippen LogP contribution in [-0.2, 0) is 11.0 Å². The minimum absolute atomic E-state index is 0.205. The standard InChI is InChI=1S/C24H29F3N2O3S/c1-6-29(19-9-7-18(8-10-19)24(25,26)27)28-17(3)14-23(4,5)33-20-11-12-21(16(2)13-20)32-15-22(30)31/h7-13H,6,14-15H2,1-5H3,(H,30,31)/b28-17-. The van der Waals surface area contributed by atoms with Gasteiger partial charge in [-0.1, -0.05) is 0 Å². The summed E-state index contributed by atoms with van der Waals surface area (Å²) in [5, 5.41) is 15.1. The first-order chi connectivity index (χ1) is 15.3. The van der Waals surface area contributed by atoms with E-state index in [1.807, 2.05) is 32.9 Å². The van der Waals surface area contributed by atoms with Crippen LogP contribution in [0.1, 0.15) is 45.2 Å². The van der Waals surface area contributed by atoms with Crippen LogP contribution in [0.5, 0.6) is 5.75 Å². The lowest BCUT2D eigenvalue weighted by atomic mass is 10.1. The minimum Gasteiger partial charge on any atom is -0.482 e. The highest BCUT2D eigenvalue weighted by molar-refractivity contribution is 8.00. The van der Waals surface area contributed by atoms with Crippen molar-refractivity contribution in [2.75, 3.05) is 18.2 Å². The number of carboxylic acid groups (broad SMARTS) is 1. The van der Waals surface area contributed by atoms with Crippen LogP contribution in [-0.4, -0.2) is 34.7 Å². The number of halogens is 3. The number of anilines is 1. The van der Waals surface area contributed by atoms with Gasteiger partial charge in [0.25, 0.3) is 0 Å². The number of hydrazone groups is 1. The van der Waals surface area contributed by atoms with Crippen LogP contribution in [0, 0.1) is 6.92 Å². The molecule has 2 rings (SSSR count). The molecule has 0 spiro atoms. The first-order valence-corrected chi connectivity index (χ1v) is 11.3. The third-order valence-corrected chi connectivity index (χ3v) is 5.84. The van der Waals surface area contributed by atoms with Crippen LogP contribution in [0.15, 0.2) is 52.5 Å². The number of carboxylic acids is 1. The Morgan fingerprint density at radius 2 is 1.79 bits per heavy atom. The number of aryl methyl sites for hydroxylation is 1. The van der Waals surface area contributed by atoms with E-state index in [0.29, 0.717) is 24.4 Å². The summed E-state index contributed by atoms with van der Waals surface area (Å²) in [4.78, 5) is 11.7. The fourth-order valence-corrected chi connectivity index (χ4v) is 4.62. The number of rotatable bonds is 10. The second-order valence-corrected chi connectivity index (χ2v) is 10.0. The summed E-state index contributed by atoms with van der Waals surface area (Å²) in [6.07, 6.45) is -3.71. The smallest absolute Gasteiger partial charge is 0.416 e. The molecule has 0 aliphatic rings. The van der Waals surface area contributed by atoms with Gasteiger partial charge in [-0.25, -0.2) is 4.79 Å². The van der Waals surface area contributed by atoms with Gasteiger partial charge in [0.15, 0.2) is 6.61 Å². The largest absolute Gasteiger partial charge is 0.482 e. The van der Waals surface area contributed by atoms with Crippen molar-refractivity contribution in [3.63, 3.8) is 0 Å². The highest BCUT2D eigenvalue weighted by Crippen LogP contribution is 2.37. The monoisotopic (exact) mass is 482 g/mol. The van der Waals surface area contributed by atoms with E-state index < -0.39 is 17.7 Å². The minimum atomic E-state index is -4.37. The van der Waals surface area contributed by atoms with E-state index in [-0.39, 0.29) is 11.4 Å². The molecule has 0 aliphatic heterocycles. The summed E-state index contributed by atoms with van der Waals surface area (Å²) in [6, 6.07) is 10.6. The van der Waals surface area contributed by atoms with E-state index in [4.69, 9.17) is 9.84 Å². The Kier molecular flexibility index (Phi) is 8.82. The number of alkyl halides is 3. The van der Waals surface area contributed by atoms with E-state index in [1.54, 1.807) is 22.8 Å². The molecule has 0 unspecified atom stereocenters. The molecule has 0 aliphatic carbocycles. The third-order valence-electron chi connectivity index (χ3n) is 4.66. The van der Waals surface area contributed by atoms with Gasteiger partial charge in [-0.15, -0.1) is 11.8 Å².